The van der Waals surface area contributed by atoms with Crippen LogP contribution in [0.1, 0.15) is 0 Å². The van der Waals surface area contributed by atoms with Gasteiger partial charge in [0, 0.05) is 13.1 Å². The first-order valence-electron chi connectivity index (χ1n) is 3.96. The molecule has 0 amide bonds. The van der Waals surface area contributed by atoms with E-state index in [1.54, 1.807) is 17.7 Å². The highest BCUT2D eigenvalue weighted by atomic mass is 79.9. The molecule has 0 bridgehead atoms. The zero-order valence-corrected chi connectivity index (χ0v) is 9.91. The zero-order valence-electron chi connectivity index (χ0n) is 7.57. The van der Waals surface area contributed by atoms with Crippen molar-refractivity contribution < 1.29 is 4.92 Å². The minimum atomic E-state index is -0.466. The highest BCUT2D eigenvalue weighted by Crippen LogP contribution is 2.30. The van der Waals surface area contributed by atoms with E-state index in [0.29, 0.717) is 15.3 Å². The summed E-state index contributed by atoms with van der Waals surface area (Å²) in [4.78, 5) is 14.2. The van der Waals surface area contributed by atoms with E-state index in [2.05, 4.69) is 20.9 Å². The molecule has 78 valence electrons. The zero-order chi connectivity index (χ0) is 11.2. The lowest BCUT2D eigenvalue weighted by atomic mass is 10.3. The first-order valence-corrected chi connectivity index (χ1v) is 5.13. The number of hydrogen-bond donors (Lipinski definition) is 0. The molecule has 0 unspecified atom stereocenters. The molecular weight excluding hydrogens is 285 g/mol. The molecule has 0 N–H and O–H groups in total. The van der Waals surface area contributed by atoms with Crippen molar-refractivity contribution in [2.45, 2.75) is 0 Å². The maximum atomic E-state index is 10.7. The summed E-state index contributed by atoms with van der Waals surface area (Å²) < 4.78 is 2.07. The van der Waals surface area contributed by atoms with Gasteiger partial charge in [-0.05, 0) is 33.6 Å². The fourth-order valence-electron chi connectivity index (χ4n) is 1.31. The molecule has 15 heavy (non-hydrogen) atoms. The number of nitrogens with zero attached hydrogens (tertiary/aromatic N) is 3. The summed E-state index contributed by atoms with van der Waals surface area (Å²) in [5.41, 5.74) is 1.24. The van der Waals surface area contributed by atoms with Gasteiger partial charge in [0.15, 0.2) is 0 Å². The van der Waals surface area contributed by atoms with Crippen LogP contribution in [0, 0.1) is 10.1 Å². The lowest BCUT2D eigenvalue weighted by Gasteiger charge is -1.97. The summed E-state index contributed by atoms with van der Waals surface area (Å²) in [6, 6.07) is 3.03. The van der Waals surface area contributed by atoms with Crippen LogP contribution < -0.4 is 0 Å². The summed E-state index contributed by atoms with van der Waals surface area (Å²) in [5, 5.41) is 11.0. The van der Waals surface area contributed by atoms with Crippen LogP contribution in [-0.2, 0) is 7.05 Å². The second-order valence-electron chi connectivity index (χ2n) is 2.99. The fourth-order valence-corrected chi connectivity index (χ4v) is 1.97. The van der Waals surface area contributed by atoms with Crippen molar-refractivity contribution in [3.63, 3.8) is 0 Å². The van der Waals surface area contributed by atoms with E-state index in [9.17, 15) is 10.1 Å². The van der Waals surface area contributed by atoms with Gasteiger partial charge in [-0.25, -0.2) is 4.98 Å². The number of halogens is 2. The van der Waals surface area contributed by atoms with E-state index in [4.69, 9.17) is 11.6 Å². The highest BCUT2D eigenvalue weighted by molar-refractivity contribution is 9.10. The lowest BCUT2D eigenvalue weighted by molar-refractivity contribution is -0.385. The normalized spacial score (nSPS) is 10.9. The summed E-state index contributed by atoms with van der Waals surface area (Å²) >= 11 is 8.94. The number of aromatic nitrogens is 2. The minimum Gasteiger partial charge on any atom is -0.318 e. The Labute approximate surface area is 97.9 Å². The van der Waals surface area contributed by atoms with Crippen LogP contribution in [0.4, 0.5) is 5.69 Å². The molecule has 0 spiro atoms. The van der Waals surface area contributed by atoms with Crippen molar-refractivity contribution in [3.05, 3.63) is 32.0 Å². The lowest BCUT2D eigenvalue weighted by Crippen LogP contribution is -1.91. The molecule has 2 aromatic rings. The van der Waals surface area contributed by atoms with Crippen molar-refractivity contribution in [1.82, 2.24) is 9.55 Å². The van der Waals surface area contributed by atoms with Crippen LogP contribution in [0.5, 0.6) is 0 Å². The molecule has 0 aliphatic heterocycles. The Bertz CT molecular complexity index is 567. The molecule has 0 saturated carbocycles. The van der Waals surface area contributed by atoms with Crippen molar-refractivity contribution in [1.29, 1.82) is 0 Å². The summed E-state index contributed by atoms with van der Waals surface area (Å²) in [5.74, 6) is 0. The molecule has 0 aliphatic rings. The van der Waals surface area contributed by atoms with Gasteiger partial charge in [0.2, 0.25) is 5.28 Å². The standard InChI is InChI=1S/C8H5BrClN3O2/c1-12-7-2-4(9)6(13(14)15)3-5(7)11-8(12)10/h2-3H,1H3. The van der Waals surface area contributed by atoms with Crippen LogP contribution in [0.2, 0.25) is 5.28 Å². The molecule has 1 heterocycles. The van der Waals surface area contributed by atoms with Gasteiger partial charge in [-0.1, -0.05) is 0 Å². The summed E-state index contributed by atoms with van der Waals surface area (Å²) in [6.45, 7) is 0. The van der Waals surface area contributed by atoms with Crippen LogP contribution in [0.25, 0.3) is 11.0 Å². The molecule has 5 nitrogen and oxygen atoms in total. The fraction of sp³-hybridized carbons (Fsp3) is 0.125. The highest BCUT2D eigenvalue weighted by Gasteiger charge is 2.16. The van der Waals surface area contributed by atoms with Crippen LogP contribution in [0.3, 0.4) is 0 Å². The number of aryl methyl sites for hydroxylation is 1. The van der Waals surface area contributed by atoms with Crippen molar-refractivity contribution >= 4 is 44.3 Å². The molecule has 2 rings (SSSR count). The van der Waals surface area contributed by atoms with Crippen LogP contribution in [-0.4, -0.2) is 14.5 Å². The molecule has 1 aromatic carbocycles. The first-order chi connectivity index (χ1) is 7.00. The second kappa shape index (κ2) is 3.46. The van der Waals surface area contributed by atoms with Gasteiger partial charge >= 0.3 is 0 Å². The quantitative estimate of drug-likeness (QED) is 0.599. The van der Waals surface area contributed by atoms with E-state index in [-0.39, 0.29) is 5.69 Å². The van der Waals surface area contributed by atoms with Crippen LogP contribution in [0.15, 0.2) is 16.6 Å². The van der Waals surface area contributed by atoms with Gasteiger partial charge in [0.05, 0.1) is 20.4 Å². The van der Waals surface area contributed by atoms with E-state index in [1.807, 2.05) is 0 Å². The second-order valence-corrected chi connectivity index (χ2v) is 4.18. The van der Waals surface area contributed by atoms with Gasteiger partial charge in [-0.15, -0.1) is 0 Å². The molecule has 1 aromatic heterocycles. The Morgan fingerprint density at radius 1 is 1.60 bits per heavy atom. The first kappa shape index (κ1) is 10.4. The number of fused-ring (bicyclic) bond motifs is 1. The minimum absolute atomic E-state index is 0.0164. The molecule has 0 aliphatic carbocycles. The largest absolute Gasteiger partial charge is 0.318 e. The van der Waals surface area contributed by atoms with Gasteiger partial charge in [-0.2, -0.15) is 0 Å². The summed E-state index contributed by atoms with van der Waals surface area (Å²) in [6.07, 6.45) is 0. The Hall–Kier alpha value is -1.14. The third-order valence-electron chi connectivity index (χ3n) is 2.09. The third-order valence-corrected chi connectivity index (χ3v) is 3.06. The van der Waals surface area contributed by atoms with E-state index in [1.165, 1.54) is 6.07 Å². The number of rotatable bonds is 1. The van der Waals surface area contributed by atoms with Gasteiger partial charge < -0.3 is 4.57 Å². The molecule has 0 atom stereocenters. The average Bonchev–Trinajstić information content (AvgIpc) is 2.43. The SMILES string of the molecule is Cn1c(Cl)nc2cc([N+](=O)[O-])c(Br)cc21. The number of imidazole rings is 1. The smallest absolute Gasteiger partial charge is 0.285 e. The van der Waals surface area contributed by atoms with E-state index < -0.39 is 4.92 Å². The Kier molecular flexibility index (Phi) is 2.40. The van der Waals surface area contributed by atoms with Crippen molar-refractivity contribution in [3.8, 4) is 0 Å². The average molecular weight is 291 g/mol. The Balaban J connectivity index is 2.82. The number of hydrogen-bond acceptors (Lipinski definition) is 3. The maximum absolute atomic E-state index is 10.7. The third kappa shape index (κ3) is 1.59. The molecule has 0 saturated heterocycles. The monoisotopic (exact) mass is 289 g/mol. The predicted octanol–water partition coefficient (Wildman–Crippen LogP) is 2.90. The number of benzene rings is 1. The molecular formula is C8H5BrClN3O2. The Morgan fingerprint density at radius 3 is 2.87 bits per heavy atom. The van der Waals surface area contributed by atoms with Crippen molar-refractivity contribution in [2.75, 3.05) is 0 Å². The Morgan fingerprint density at radius 2 is 2.27 bits per heavy atom. The van der Waals surface area contributed by atoms with Gasteiger partial charge in [0.1, 0.15) is 0 Å². The van der Waals surface area contributed by atoms with Crippen molar-refractivity contribution in [2.24, 2.45) is 7.05 Å². The van der Waals surface area contributed by atoms with Gasteiger partial charge in [0.25, 0.3) is 5.69 Å². The van der Waals surface area contributed by atoms with E-state index in [0.717, 1.165) is 5.52 Å². The predicted molar refractivity (Wildman–Crippen MR) is 60.1 cm³/mol. The van der Waals surface area contributed by atoms with Gasteiger partial charge in [-0.3, -0.25) is 10.1 Å². The molecule has 0 radical (unpaired) electrons. The van der Waals surface area contributed by atoms with Crippen LogP contribution >= 0.6 is 27.5 Å². The topological polar surface area (TPSA) is 61.0 Å². The maximum Gasteiger partial charge on any atom is 0.285 e. The molecule has 0 fully saturated rings. The number of nitro groups is 1. The summed E-state index contributed by atoms with van der Waals surface area (Å²) in [7, 11) is 1.75. The molecule has 7 heteroatoms. The number of nitro benzene ring substituents is 1. The van der Waals surface area contributed by atoms with E-state index >= 15 is 0 Å².